The van der Waals surface area contributed by atoms with Crippen molar-refractivity contribution >= 4 is 28.8 Å². The number of hydrogen-bond acceptors (Lipinski definition) is 3. The van der Waals surface area contributed by atoms with Crippen LogP contribution in [0, 0.1) is 6.92 Å². The Bertz CT molecular complexity index is 843. The van der Waals surface area contributed by atoms with Crippen LogP contribution in [0.25, 0.3) is 10.6 Å². The van der Waals surface area contributed by atoms with E-state index in [1.807, 2.05) is 5.38 Å². The highest BCUT2D eigenvalue weighted by Crippen LogP contribution is 2.24. The fraction of sp³-hybridized carbons (Fsp3) is 0.158. The summed E-state index contributed by atoms with van der Waals surface area (Å²) in [4.78, 5) is 16.7. The van der Waals surface area contributed by atoms with E-state index in [-0.39, 0.29) is 5.91 Å². The second kappa shape index (κ2) is 7.60. The fourth-order valence-electron chi connectivity index (χ4n) is 2.30. The molecule has 1 aromatic heterocycles. The lowest BCUT2D eigenvalue weighted by Crippen LogP contribution is -2.26. The first kappa shape index (κ1) is 16.7. The fourth-order valence-corrected chi connectivity index (χ4v) is 3.38. The Morgan fingerprint density at radius 1 is 1.17 bits per heavy atom. The highest BCUT2D eigenvalue weighted by atomic mass is 35.5. The predicted octanol–water partition coefficient (Wildman–Crippen LogP) is 4.74. The van der Waals surface area contributed by atoms with Crippen molar-refractivity contribution in [1.82, 2.24) is 10.3 Å². The molecule has 3 nitrogen and oxygen atoms in total. The number of halogens is 1. The minimum Gasteiger partial charge on any atom is -0.352 e. The van der Waals surface area contributed by atoms with E-state index in [0.29, 0.717) is 23.6 Å². The number of nitrogens with one attached hydrogen (secondary N) is 1. The Kier molecular flexibility index (Phi) is 5.28. The van der Waals surface area contributed by atoms with E-state index in [0.717, 1.165) is 16.3 Å². The lowest BCUT2D eigenvalue weighted by Gasteiger charge is -2.05. The summed E-state index contributed by atoms with van der Waals surface area (Å²) in [5.74, 6) is -0.158. The standard InChI is InChI=1S/C19H17ClN2OS/c1-13-6-8-14(9-7-13)19-22-15(12-24-19)10-11-21-18(23)16-4-2-3-5-17(16)20/h2-9,12H,10-11H2,1H3,(H,21,23). The van der Waals surface area contributed by atoms with Gasteiger partial charge in [-0.15, -0.1) is 11.3 Å². The number of nitrogens with zero attached hydrogens (tertiary/aromatic N) is 1. The average molecular weight is 357 g/mol. The van der Waals surface area contributed by atoms with Crippen molar-refractivity contribution in [2.24, 2.45) is 0 Å². The van der Waals surface area contributed by atoms with Gasteiger partial charge < -0.3 is 5.32 Å². The molecule has 1 amide bonds. The summed E-state index contributed by atoms with van der Waals surface area (Å²) < 4.78 is 0. The van der Waals surface area contributed by atoms with Gasteiger partial charge in [-0.1, -0.05) is 53.6 Å². The molecule has 3 aromatic rings. The van der Waals surface area contributed by atoms with Crippen LogP contribution in [0.3, 0.4) is 0 Å². The van der Waals surface area contributed by atoms with E-state index in [4.69, 9.17) is 11.6 Å². The highest BCUT2D eigenvalue weighted by Gasteiger charge is 2.09. The van der Waals surface area contributed by atoms with Crippen LogP contribution in [0.1, 0.15) is 21.6 Å². The molecule has 0 saturated heterocycles. The Morgan fingerprint density at radius 3 is 2.67 bits per heavy atom. The van der Waals surface area contributed by atoms with Crippen molar-refractivity contribution in [3.63, 3.8) is 0 Å². The molecule has 0 aliphatic heterocycles. The molecule has 0 bridgehead atoms. The summed E-state index contributed by atoms with van der Waals surface area (Å²) in [6.45, 7) is 2.60. The molecule has 5 heteroatoms. The Hall–Kier alpha value is -2.17. The quantitative estimate of drug-likeness (QED) is 0.717. The summed E-state index contributed by atoms with van der Waals surface area (Å²) in [6, 6.07) is 15.4. The van der Waals surface area contributed by atoms with Gasteiger partial charge >= 0.3 is 0 Å². The Labute approximate surface area is 150 Å². The van der Waals surface area contributed by atoms with Gasteiger partial charge in [0.05, 0.1) is 16.3 Å². The maximum Gasteiger partial charge on any atom is 0.252 e. The number of hydrogen-bond donors (Lipinski definition) is 1. The summed E-state index contributed by atoms with van der Waals surface area (Å²) in [5, 5.41) is 6.39. The summed E-state index contributed by atoms with van der Waals surface area (Å²) in [5.41, 5.74) is 3.84. The van der Waals surface area contributed by atoms with Crippen LogP contribution >= 0.6 is 22.9 Å². The Morgan fingerprint density at radius 2 is 1.92 bits per heavy atom. The van der Waals surface area contributed by atoms with E-state index < -0.39 is 0 Å². The monoisotopic (exact) mass is 356 g/mol. The number of aryl methyl sites for hydroxylation is 1. The van der Waals surface area contributed by atoms with Gasteiger partial charge in [-0.05, 0) is 19.1 Å². The van der Waals surface area contributed by atoms with Gasteiger partial charge in [0.2, 0.25) is 0 Å². The van der Waals surface area contributed by atoms with Gasteiger partial charge in [-0.25, -0.2) is 4.98 Å². The highest BCUT2D eigenvalue weighted by molar-refractivity contribution is 7.13. The molecule has 0 aliphatic carbocycles. The summed E-state index contributed by atoms with van der Waals surface area (Å²) in [6.07, 6.45) is 0.693. The van der Waals surface area contributed by atoms with Crippen molar-refractivity contribution < 1.29 is 4.79 Å². The molecule has 0 atom stereocenters. The lowest BCUT2D eigenvalue weighted by atomic mass is 10.2. The minimum atomic E-state index is -0.158. The minimum absolute atomic E-state index is 0.158. The normalized spacial score (nSPS) is 10.6. The van der Waals surface area contributed by atoms with Crippen molar-refractivity contribution in [2.75, 3.05) is 6.54 Å². The van der Waals surface area contributed by atoms with Crippen molar-refractivity contribution in [3.05, 3.63) is 75.8 Å². The van der Waals surface area contributed by atoms with Crippen LogP contribution in [0.4, 0.5) is 0 Å². The third-order valence-electron chi connectivity index (χ3n) is 3.64. The van der Waals surface area contributed by atoms with E-state index in [2.05, 4.69) is 41.5 Å². The molecule has 0 aliphatic rings. The van der Waals surface area contributed by atoms with Crippen LogP contribution in [0.2, 0.25) is 5.02 Å². The predicted molar refractivity (Wildman–Crippen MR) is 99.8 cm³/mol. The number of carbonyl (C=O) groups is 1. The first-order valence-electron chi connectivity index (χ1n) is 7.67. The molecule has 0 fully saturated rings. The zero-order chi connectivity index (χ0) is 16.9. The van der Waals surface area contributed by atoms with Crippen LogP contribution < -0.4 is 5.32 Å². The van der Waals surface area contributed by atoms with Crippen LogP contribution in [0.15, 0.2) is 53.9 Å². The van der Waals surface area contributed by atoms with Gasteiger partial charge in [-0.2, -0.15) is 0 Å². The third kappa shape index (κ3) is 4.02. The lowest BCUT2D eigenvalue weighted by molar-refractivity contribution is 0.0954. The molecule has 0 spiro atoms. The zero-order valence-electron chi connectivity index (χ0n) is 13.3. The molecule has 3 rings (SSSR count). The van der Waals surface area contributed by atoms with Crippen LogP contribution in [-0.4, -0.2) is 17.4 Å². The van der Waals surface area contributed by atoms with Crippen molar-refractivity contribution in [1.29, 1.82) is 0 Å². The van der Waals surface area contributed by atoms with Gasteiger partial charge in [0.15, 0.2) is 0 Å². The first-order chi connectivity index (χ1) is 11.6. The van der Waals surface area contributed by atoms with Crippen LogP contribution in [0.5, 0.6) is 0 Å². The third-order valence-corrected chi connectivity index (χ3v) is 4.91. The van der Waals surface area contributed by atoms with Crippen LogP contribution in [-0.2, 0) is 6.42 Å². The summed E-state index contributed by atoms with van der Waals surface area (Å²) in [7, 11) is 0. The molecular formula is C19H17ClN2OS. The van der Waals surface area contributed by atoms with E-state index in [9.17, 15) is 4.79 Å². The molecule has 1 N–H and O–H groups in total. The molecular weight excluding hydrogens is 340 g/mol. The molecule has 0 unspecified atom stereocenters. The molecule has 122 valence electrons. The second-order valence-electron chi connectivity index (χ2n) is 5.50. The van der Waals surface area contributed by atoms with Crippen molar-refractivity contribution in [3.8, 4) is 10.6 Å². The van der Waals surface area contributed by atoms with Gasteiger partial charge in [-0.3, -0.25) is 4.79 Å². The number of carbonyl (C=O) groups excluding carboxylic acids is 1. The largest absolute Gasteiger partial charge is 0.352 e. The number of rotatable bonds is 5. The maximum absolute atomic E-state index is 12.1. The number of amides is 1. The second-order valence-corrected chi connectivity index (χ2v) is 6.76. The zero-order valence-corrected chi connectivity index (χ0v) is 14.8. The average Bonchev–Trinajstić information content (AvgIpc) is 3.04. The van der Waals surface area contributed by atoms with E-state index in [1.54, 1.807) is 35.6 Å². The van der Waals surface area contributed by atoms with E-state index >= 15 is 0 Å². The SMILES string of the molecule is Cc1ccc(-c2nc(CCNC(=O)c3ccccc3Cl)cs2)cc1. The van der Waals surface area contributed by atoms with Gasteiger partial charge in [0.1, 0.15) is 5.01 Å². The number of aromatic nitrogens is 1. The molecule has 0 radical (unpaired) electrons. The van der Waals surface area contributed by atoms with Crippen molar-refractivity contribution in [2.45, 2.75) is 13.3 Å². The number of thiazole rings is 1. The maximum atomic E-state index is 12.1. The molecule has 0 saturated carbocycles. The van der Waals surface area contributed by atoms with E-state index in [1.165, 1.54) is 5.56 Å². The smallest absolute Gasteiger partial charge is 0.252 e. The molecule has 24 heavy (non-hydrogen) atoms. The Balaban J connectivity index is 1.57. The molecule has 1 heterocycles. The first-order valence-corrected chi connectivity index (χ1v) is 8.93. The topological polar surface area (TPSA) is 42.0 Å². The van der Waals surface area contributed by atoms with Gasteiger partial charge in [0.25, 0.3) is 5.91 Å². The van der Waals surface area contributed by atoms with Gasteiger partial charge in [0, 0.05) is 23.9 Å². The summed E-state index contributed by atoms with van der Waals surface area (Å²) >= 11 is 7.65. The number of benzene rings is 2. The molecule has 2 aromatic carbocycles.